The molecule has 5 heteroatoms. The van der Waals surface area contributed by atoms with Crippen molar-refractivity contribution in [2.24, 2.45) is 5.41 Å². The molecule has 1 aliphatic rings. The smallest absolute Gasteiger partial charge is 0.311 e. The Balaban J connectivity index is 2.58. The minimum atomic E-state index is -0.824. The summed E-state index contributed by atoms with van der Waals surface area (Å²) < 4.78 is 0. The number of carbonyl (C=O) groups excluding carboxylic acids is 1. The lowest BCUT2D eigenvalue weighted by Crippen LogP contribution is -2.52. The first-order valence-electron chi connectivity index (χ1n) is 7.16. The van der Waals surface area contributed by atoms with Crippen LogP contribution in [0.4, 0.5) is 0 Å². The van der Waals surface area contributed by atoms with Crippen LogP contribution in [0.1, 0.15) is 52.9 Å². The quantitative estimate of drug-likeness (QED) is 0.684. The van der Waals surface area contributed by atoms with Crippen LogP contribution in [0.25, 0.3) is 0 Å². The van der Waals surface area contributed by atoms with Crippen molar-refractivity contribution in [3.05, 3.63) is 0 Å². The predicted octanol–water partition coefficient (Wildman–Crippen LogP) is 1.52. The molecule has 1 rings (SSSR count). The summed E-state index contributed by atoms with van der Waals surface area (Å²) in [5.41, 5.74) is -0.824. The van der Waals surface area contributed by atoms with Crippen LogP contribution in [-0.4, -0.2) is 35.6 Å². The molecule has 3 unspecified atom stereocenters. The third-order valence-electron chi connectivity index (χ3n) is 4.08. The number of rotatable bonds is 6. The van der Waals surface area contributed by atoms with Gasteiger partial charge in [-0.25, -0.2) is 0 Å². The van der Waals surface area contributed by atoms with Crippen LogP contribution in [0.3, 0.4) is 0 Å². The van der Waals surface area contributed by atoms with Gasteiger partial charge in [-0.15, -0.1) is 0 Å². The Morgan fingerprint density at radius 3 is 2.68 bits per heavy atom. The molecule has 0 heterocycles. The summed E-state index contributed by atoms with van der Waals surface area (Å²) in [6, 6.07) is -0.134. The second-order valence-electron chi connectivity index (χ2n) is 5.75. The number of carboxylic acid groups (broad SMARTS) is 1. The van der Waals surface area contributed by atoms with Gasteiger partial charge in [-0.3, -0.25) is 9.59 Å². The molecule has 3 N–H and O–H groups in total. The normalized spacial score (nSPS) is 28.7. The van der Waals surface area contributed by atoms with Crippen molar-refractivity contribution in [2.45, 2.75) is 65.0 Å². The van der Waals surface area contributed by atoms with Gasteiger partial charge in [-0.1, -0.05) is 19.8 Å². The maximum atomic E-state index is 12.0. The largest absolute Gasteiger partial charge is 0.481 e. The van der Waals surface area contributed by atoms with E-state index >= 15 is 0 Å². The van der Waals surface area contributed by atoms with Crippen LogP contribution in [0.15, 0.2) is 0 Å². The number of hydrogen-bond donors (Lipinski definition) is 3. The van der Waals surface area contributed by atoms with Crippen molar-refractivity contribution >= 4 is 11.9 Å². The van der Waals surface area contributed by atoms with Gasteiger partial charge in [0.2, 0.25) is 5.91 Å². The summed E-state index contributed by atoms with van der Waals surface area (Å²) in [6.45, 7) is 6.52. The van der Waals surface area contributed by atoms with E-state index in [-0.39, 0.29) is 18.0 Å². The van der Waals surface area contributed by atoms with Crippen molar-refractivity contribution in [2.75, 3.05) is 6.54 Å². The lowest BCUT2D eigenvalue weighted by atomic mass is 9.71. The molecule has 1 amide bonds. The van der Waals surface area contributed by atoms with Crippen LogP contribution in [0, 0.1) is 5.41 Å². The Morgan fingerprint density at radius 1 is 1.42 bits per heavy atom. The van der Waals surface area contributed by atoms with Gasteiger partial charge in [-0.05, 0) is 33.2 Å². The average Bonchev–Trinajstić information content (AvgIpc) is 2.32. The van der Waals surface area contributed by atoms with E-state index in [4.69, 9.17) is 0 Å². The Kier molecular flexibility index (Phi) is 5.79. The molecule has 0 bridgehead atoms. The highest BCUT2D eigenvalue weighted by Crippen LogP contribution is 2.36. The maximum absolute atomic E-state index is 12.0. The number of amides is 1. The minimum absolute atomic E-state index is 0.0622. The van der Waals surface area contributed by atoms with Gasteiger partial charge in [0.15, 0.2) is 0 Å². The molecule has 0 aliphatic heterocycles. The van der Waals surface area contributed by atoms with E-state index in [0.717, 1.165) is 25.8 Å². The summed E-state index contributed by atoms with van der Waals surface area (Å²) in [5, 5.41) is 15.5. The molecule has 0 saturated heterocycles. The van der Waals surface area contributed by atoms with Crippen molar-refractivity contribution in [3.8, 4) is 0 Å². The summed E-state index contributed by atoms with van der Waals surface area (Å²) in [4.78, 5) is 23.4. The third-order valence-corrected chi connectivity index (χ3v) is 4.08. The highest BCUT2D eigenvalue weighted by molar-refractivity contribution is 5.80. The number of hydrogen-bond acceptors (Lipinski definition) is 3. The Labute approximate surface area is 115 Å². The highest BCUT2D eigenvalue weighted by Gasteiger charge is 2.43. The Morgan fingerprint density at radius 2 is 2.11 bits per heavy atom. The molecule has 1 fully saturated rings. The summed E-state index contributed by atoms with van der Waals surface area (Å²) in [5.74, 6) is -0.870. The number of nitrogens with one attached hydrogen (secondary N) is 2. The first-order chi connectivity index (χ1) is 8.90. The number of carbonyl (C=O) groups is 2. The molecule has 0 aromatic carbocycles. The van der Waals surface area contributed by atoms with Gasteiger partial charge >= 0.3 is 5.97 Å². The summed E-state index contributed by atoms with van der Waals surface area (Å²) in [7, 11) is 0. The van der Waals surface area contributed by atoms with Crippen LogP contribution >= 0.6 is 0 Å². The minimum Gasteiger partial charge on any atom is -0.481 e. The average molecular weight is 270 g/mol. The zero-order valence-electron chi connectivity index (χ0n) is 12.2. The fourth-order valence-electron chi connectivity index (χ4n) is 2.77. The van der Waals surface area contributed by atoms with Gasteiger partial charge in [-0.2, -0.15) is 0 Å². The van der Waals surface area contributed by atoms with Crippen molar-refractivity contribution in [1.29, 1.82) is 0 Å². The van der Waals surface area contributed by atoms with E-state index in [1.807, 2.05) is 13.8 Å². The first-order valence-corrected chi connectivity index (χ1v) is 7.16. The van der Waals surface area contributed by atoms with Gasteiger partial charge in [0.05, 0.1) is 5.41 Å². The molecular weight excluding hydrogens is 244 g/mol. The third kappa shape index (κ3) is 4.20. The van der Waals surface area contributed by atoms with Gasteiger partial charge in [0.1, 0.15) is 0 Å². The fraction of sp³-hybridized carbons (Fsp3) is 0.857. The molecular formula is C14H26N2O3. The molecule has 19 heavy (non-hydrogen) atoms. The second kappa shape index (κ2) is 6.89. The lowest BCUT2D eigenvalue weighted by molar-refractivity contribution is -0.152. The van der Waals surface area contributed by atoms with E-state index in [1.165, 1.54) is 0 Å². The molecule has 0 aromatic heterocycles. The van der Waals surface area contributed by atoms with Crippen molar-refractivity contribution in [3.63, 3.8) is 0 Å². The van der Waals surface area contributed by atoms with Crippen LogP contribution in [-0.2, 0) is 9.59 Å². The number of aliphatic carboxylic acids is 1. The summed E-state index contributed by atoms with van der Waals surface area (Å²) in [6.07, 6.45) is 3.68. The van der Waals surface area contributed by atoms with Gasteiger partial charge in [0, 0.05) is 18.5 Å². The van der Waals surface area contributed by atoms with Gasteiger partial charge < -0.3 is 15.7 Å². The Hall–Kier alpha value is -1.10. The monoisotopic (exact) mass is 270 g/mol. The zero-order valence-corrected chi connectivity index (χ0v) is 12.2. The maximum Gasteiger partial charge on any atom is 0.311 e. The van der Waals surface area contributed by atoms with Gasteiger partial charge in [0.25, 0.3) is 0 Å². The summed E-state index contributed by atoms with van der Waals surface area (Å²) >= 11 is 0. The predicted molar refractivity (Wildman–Crippen MR) is 73.9 cm³/mol. The first kappa shape index (κ1) is 16.0. The highest BCUT2D eigenvalue weighted by atomic mass is 16.4. The molecule has 1 aliphatic carbocycles. The molecule has 110 valence electrons. The van der Waals surface area contributed by atoms with E-state index in [0.29, 0.717) is 12.8 Å². The molecule has 5 nitrogen and oxygen atoms in total. The molecule has 0 radical (unpaired) electrons. The molecule has 1 saturated carbocycles. The Bertz CT molecular complexity index is 333. The molecule has 3 atom stereocenters. The zero-order chi connectivity index (χ0) is 14.5. The van der Waals surface area contributed by atoms with Crippen LogP contribution in [0.2, 0.25) is 0 Å². The fourth-order valence-corrected chi connectivity index (χ4v) is 2.77. The number of carboxylic acids is 1. The molecule has 0 aromatic rings. The van der Waals surface area contributed by atoms with Crippen molar-refractivity contribution < 1.29 is 14.7 Å². The standard InChI is InChI=1S/C14H26N2O3/c1-4-15-10(2)9-12(17)16-11-7-5-6-8-14(11,3)13(18)19/h10-11,15H,4-9H2,1-3H3,(H,16,17)(H,18,19). The van der Waals surface area contributed by atoms with Crippen LogP contribution in [0.5, 0.6) is 0 Å². The van der Waals surface area contributed by atoms with E-state index in [1.54, 1.807) is 6.92 Å². The molecule has 0 spiro atoms. The van der Waals surface area contributed by atoms with E-state index in [2.05, 4.69) is 10.6 Å². The second-order valence-corrected chi connectivity index (χ2v) is 5.75. The topological polar surface area (TPSA) is 78.4 Å². The lowest BCUT2D eigenvalue weighted by Gasteiger charge is -2.38. The van der Waals surface area contributed by atoms with E-state index in [9.17, 15) is 14.7 Å². The van der Waals surface area contributed by atoms with Crippen LogP contribution < -0.4 is 10.6 Å². The SMILES string of the molecule is CCNC(C)CC(=O)NC1CCCCC1(C)C(=O)O. The van der Waals surface area contributed by atoms with Crippen molar-refractivity contribution in [1.82, 2.24) is 10.6 Å². The van der Waals surface area contributed by atoms with E-state index < -0.39 is 11.4 Å².